The molecule has 1 amide bonds. The fourth-order valence-electron chi connectivity index (χ4n) is 2.30. The van der Waals surface area contributed by atoms with Crippen LogP contribution in [0.25, 0.3) is 0 Å². The van der Waals surface area contributed by atoms with E-state index in [-0.39, 0.29) is 11.9 Å². The molecule has 6 heteroatoms. The number of nitrogens with one attached hydrogen (secondary N) is 1. The second kappa shape index (κ2) is 7.13. The Bertz CT molecular complexity index is 639. The van der Waals surface area contributed by atoms with Gasteiger partial charge in [0.1, 0.15) is 6.04 Å². The average Bonchev–Trinajstić information content (AvgIpc) is 2.36. The van der Waals surface area contributed by atoms with Gasteiger partial charge in [0.25, 0.3) is 0 Å². The van der Waals surface area contributed by atoms with Crippen molar-refractivity contribution in [2.24, 2.45) is 0 Å². The lowest BCUT2D eigenvalue weighted by atomic mass is 10.1. The van der Waals surface area contributed by atoms with Crippen LogP contribution in [0.4, 0.5) is 5.69 Å². The Balaban J connectivity index is 3.33. The summed E-state index contributed by atoms with van der Waals surface area (Å²) < 4.78 is 25.7. The van der Waals surface area contributed by atoms with Crippen LogP contribution in [-0.4, -0.2) is 32.7 Å². The van der Waals surface area contributed by atoms with Gasteiger partial charge in [-0.2, -0.15) is 0 Å². The highest BCUT2D eigenvalue weighted by Crippen LogP contribution is 2.25. The SMILES string of the molecule is CC[C@H](C(=O)NC(C)C)N(c1ccc(C)c(C)c1)S(C)(=O)=O. The van der Waals surface area contributed by atoms with E-state index >= 15 is 0 Å². The molecule has 0 saturated carbocycles. The zero-order chi connectivity index (χ0) is 17.1. The highest BCUT2D eigenvalue weighted by atomic mass is 32.2. The summed E-state index contributed by atoms with van der Waals surface area (Å²) in [5, 5.41) is 2.80. The summed E-state index contributed by atoms with van der Waals surface area (Å²) in [6.45, 7) is 9.40. The van der Waals surface area contributed by atoms with Gasteiger partial charge in [0, 0.05) is 6.04 Å². The van der Waals surface area contributed by atoms with Gasteiger partial charge >= 0.3 is 0 Å². The maximum absolute atomic E-state index is 12.4. The molecule has 0 spiro atoms. The Morgan fingerprint density at radius 1 is 1.23 bits per heavy atom. The van der Waals surface area contributed by atoms with Crippen LogP contribution in [0.2, 0.25) is 0 Å². The molecule has 0 saturated heterocycles. The van der Waals surface area contributed by atoms with Gasteiger partial charge < -0.3 is 5.32 Å². The highest BCUT2D eigenvalue weighted by Gasteiger charge is 2.31. The molecule has 1 aromatic rings. The molecule has 1 aromatic carbocycles. The van der Waals surface area contributed by atoms with Crippen molar-refractivity contribution in [2.75, 3.05) is 10.6 Å². The Morgan fingerprint density at radius 3 is 2.23 bits per heavy atom. The first-order valence-corrected chi connectivity index (χ1v) is 9.29. The summed E-state index contributed by atoms with van der Waals surface area (Å²) in [6, 6.07) is 4.63. The number of rotatable bonds is 6. The molecule has 124 valence electrons. The number of amides is 1. The molecule has 22 heavy (non-hydrogen) atoms. The van der Waals surface area contributed by atoms with E-state index in [1.54, 1.807) is 6.07 Å². The normalized spacial score (nSPS) is 13.0. The number of carbonyl (C=O) groups excluding carboxylic acids is 1. The number of aryl methyl sites for hydroxylation is 2. The first-order chi connectivity index (χ1) is 10.1. The van der Waals surface area contributed by atoms with E-state index in [9.17, 15) is 13.2 Å². The van der Waals surface area contributed by atoms with Crippen molar-refractivity contribution in [1.29, 1.82) is 0 Å². The molecule has 1 N–H and O–H groups in total. The van der Waals surface area contributed by atoms with Crippen LogP contribution in [0.1, 0.15) is 38.3 Å². The molecule has 0 aliphatic carbocycles. The monoisotopic (exact) mass is 326 g/mol. The van der Waals surface area contributed by atoms with Crippen LogP contribution < -0.4 is 9.62 Å². The lowest BCUT2D eigenvalue weighted by Crippen LogP contribution is -2.50. The van der Waals surface area contributed by atoms with E-state index in [0.717, 1.165) is 17.4 Å². The highest BCUT2D eigenvalue weighted by molar-refractivity contribution is 7.92. The van der Waals surface area contributed by atoms with Gasteiger partial charge in [-0.3, -0.25) is 9.10 Å². The number of hydrogen-bond donors (Lipinski definition) is 1. The van der Waals surface area contributed by atoms with E-state index in [1.165, 1.54) is 4.31 Å². The largest absolute Gasteiger partial charge is 0.352 e. The van der Waals surface area contributed by atoms with Crippen LogP contribution in [0.3, 0.4) is 0 Å². The second-order valence-electron chi connectivity index (χ2n) is 5.91. The van der Waals surface area contributed by atoms with Crippen LogP contribution in [0.15, 0.2) is 18.2 Å². The third-order valence-corrected chi connectivity index (χ3v) is 4.69. The lowest BCUT2D eigenvalue weighted by molar-refractivity contribution is -0.122. The van der Waals surface area contributed by atoms with Crippen LogP contribution in [-0.2, 0) is 14.8 Å². The minimum absolute atomic E-state index is 0.0392. The summed E-state index contributed by atoms with van der Waals surface area (Å²) >= 11 is 0. The van der Waals surface area contributed by atoms with E-state index in [1.807, 2.05) is 46.8 Å². The van der Waals surface area contributed by atoms with Crippen molar-refractivity contribution >= 4 is 21.6 Å². The third kappa shape index (κ3) is 4.47. The maximum Gasteiger partial charge on any atom is 0.244 e. The predicted molar refractivity (Wildman–Crippen MR) is 90.6 cm³/mol. The molecule has 0 bridgehead atoms. The molecule has 0 fully saturated rings. The number of nitrogens with zero attached hydrogens (tertiary/aromatic N) is 1. The smallest absolute Gasteiger partial charge is 0.244 e. The Labute approximate surface area is 133 Å². The first-order valence-electron chi connectivity index (χ1n) is 7.45. The van der Waals surface area contributed by atoms with E-state index in [0.29, 0.717) is 12.1 Å². The predicted octanol–water partition coefficient (Wildman–Crippen LogP) is 2.37. The molecular formula is C16H26N2O3S. The lowest BCUT2D eigenvalue weighted by Gasteiger charge is -2.31. The van der Waals surface area contributed by atoms with Crippen LogP contribution in [0.5, 0.6) is 0 Å². The van der Waals surface area contributed by atoms with E-state index < -0.39 is 16.1 Å². The van der Waals surface area contributed by atoms with Gasteiger partial charge in [0.2, 0.25) is 15.9 Å². The zero-order valence-corrected chi connectivity index (χ0v) is 15.0. The molecule has 1 rings (SSSR count). The molecule has 0 heterocycles. The number of sulfonamides is 1. The number of benzene rings is 1. The Hall–Kier alpha value is -1.56. The fraction of sp³-hybridized carbons (Fsp3) is 0.562. The number of hydrogen-bond acceptors (Lipinski definition) is 3. The average molecular weight is 326 g/mol. The van der Waals surface area contributed by atoms with Crippen molar-refractivity contribution in [3.8, 4) is 0 Å². The second-order valence-corrected chi connectivity index (χ2v) is 7.77. The number of anilines is 1. The first kappa shape index (κ1) is 18.5. The van der Waals surface area contributed by atoms with E-state index in [2.05, 4.69) is 5.32 Å². The molecule has 1 atom stereocenters. The summed E-state index contributed by atoms with van der Waals surface area (Å²) in [5.41, 5.74) is 2.60. The van der Waals surface area contributed by atoms with Gasteiger partial charge in [-0.25, -0.2) is 8.42 Å². The van der Waals surface area contributed by atoms with Gasteiger partial charge in [-0.15, -0.1) is 0 Å². The molecule has 0 aromatic heterocycles. The van der Waals surface area contributed by atoms with Crippen molar-refractivity contribution in [1.82, 2.24) is 5.32 Å². The number of carbonyl (C=O) groups is 1. The van der Waals surface area contributed by atoms with Crippen LogP contribution >= 0.6 is 0 Å². The molecule has 0 radical (unpaired) electrons. The van der Waals surface area contributed by atoms with Gasteiger partial charge in [-0.1, -0.05) is 13.0 Å². The van der Waals surface area contributed by atoms with Crippen molar-refractivity contribution in [3.63, 3.8) is 0 Å². The van der Waals surface area contributed by atoms with Crippen LogP contribution in [0, 0.1) is 13.8 Å². The van der Waals surface area contributed by atoms with Crippen molar-refractivity contribution in [2.45, 2.75) is 53.1 Å². The molecule has 0 aliphatic heterocycles. The minimum atomic E-state index is -3.57. The third-order valence-electron chi connectivity index (χ3n) is 3.51. The maximum atomic E-state index is 12.4. The summed E-state index contributed by atoms with van der Waals surface area (Å²) in [7, 11) is -3.57. The molecule has 0 unspecified atom stereocenters. The van der Waals surface area contributed by atoms with Gasteiger partial charge in [0.15, 0.2) is 0 Å². The topological polar surface area (TPSA) is 66.5 Å². The molecule has 5 nitrogen and oxygen atoms in total. The quantitative estimate of drug-likeness (QED) is 0.873. The minimum Gasteiger partial charge on any atom is -0.352 e. The van der Waals surface area contributed by atoms with Crippen molar-refractivity contribution in [3.05, 3.63) is 29.3 Å². The Morgan fingerprint density at radius 2 is 1.82 bits per heavy atom. The van der Waals surface area contributed by atoms with Gasteiger partial charge in [0.05, 0.1) is 11.9 Å². The Kier molecular flexibility index (Phi) is 6.00. The summed E-state index contributed by atoms with van der Waals surface area (Å²) in [6.07, 6.45) is 1.53. The standard InChI is InChI=1S/C16H26N2O3S/c1-7-15(16(19)17-11(2)3)18(22(6,20)21)14-9-8-12(4)13(5)10-14/h8-11,15H,7H2,1-6H3,(H,17,19)/t15-/m1/s1. The molecular weight excluding hydrogens is 300 g/mol. The fourth-order valence-corrected chi connectivity index (χ4v) is 3.51. The summed E-state index contributed by atoms with van der Waals surface area (Å²) in [5.74, 6) is -0.277. The summed E-state index contributed by atoms with van der Waals surface area (Å²) in [4.78, 5) is 12.4. The van der Waals surface area contributed by atoms with E-state index in [4.69, 9.17) is 0 Å². The van der Waals surface area contributed by atoms with Crippen molar-refractivity contribution < 1.29 is 13.2 Å². The molecule has 0 aliphatic rings. The van der Waals surface area contributed by atoms with Gasteiger partial charge in [-0.05, 0) is 57.4 Å². The zero-order valence-electron chi connectivity index (χ0n) is 14.2.